The standard InChI is InChI=1S/C13H11ClN2O2/c1-8-5-6-9(14)7-11(8)16-12-4-2-3-10(15-12)13(17)18/h2-7H,1H3,(H,15,16)(H,17,18). The molecule has 5 heteroatoms. The Morgan fingerprint density at radius 3 is 2.83 bits per heavy atom. The molecule has 0 spiro atoms. The van der Waals surface area contributed by atoms with Gasteiger partial charge in [-0.3, -0.25) is 0 Å². The van der Waals surface area contributed by atoms with Crippen molar-refractivity contribution in [1.82, 2.24) is 4.98 Å². The number of aromatic carboxylic acids is 1. The van der Waals surface area contributed by atoms with E-state index in [4.69, 9.17) is 16.7 Å². The van der Waals surface area contributed by atoms with Gasteiger partial charge in [-0.1, -0.05) is 23.7 Å². The molecule has 0 atom stereocenters. The molecule has 0 aliphatic heterocycles. The van der Waals surface area contributed by atoms with Crippen molar-refractivity contribution < 1.29 is 9.90 Å². The van der Waals surface area contributed by atoms with Crippen molar-refractivity contribution in [2.75, 3.05) is 5.32 Å². The number of carboxylic acids is 1. The number of benzene rings is 1. The number of anilines is 2. The molecule has 0 bridgehead atoms. The second kappa shape index (κ2) is 5.06. The fraction of sp³-hybridized carbons (Fsp3) is 0.0769. The van der Waals surface area contributed by atoms with Crippen LogP contribution >= 0.6 is 11.6 Å². The van der Waals surface area contributed by atoms with Crippen LogP contribution in [0.1, 0.15) is 16.1 Å². The number of halogens is 1. The van der Waals surface area contributed by atoms with E-state index in [-0.39, 0.29) is 5.69 Å². The first-order valence-electron chi connectivity index (χ1n) is 5.30. The minimum Gasteiger partial charge on any atom is -0.477 e. The number of nitrogens with one attached hydrogen (secondary N) is 1. The molecule has 0 fully saturated rings. The Labute approximate surface area is 109 Å². The highest BCUT2D eigenvalue weighted by Crippen LogP contribution is 2.23. The van der Waals surface area contributed by atoms with E-state index in [1.807, 2.05) is 13.0 Å². The molecule has 2 aromatic rings. The molecule has 4 nitrogen and oxygen atoms in total. The highest BCUT2D eigenvalue weighted by Gasteiger charge is 2.06. The van der Waals surface area contributed by atoms with E-state index in [1.54, 1.807) is 24.3 Å². The summed E-state index contributed by atoms with van der Waals surface area (Å²) in [5.41, 5.74) is 1.80. The molecule has 0 unspecified atom stereocenters. The van der Waals surface area contributed by atoms with E-state index in [1.165, 1.54) is 6.07 Å². The summed E-state index contributed by atoms with van der Waals surface area (Å²) >= 11 is 5.91. The van der Waals surface area contributed by atoms with Gasteiger partial charge in [0.2, 0.25) is 0 Å². The SMILES string of the molecule is Cc1ccc(Cl)cc1Nc1cccc(C(=O)O)n1. The summed E-state index contributed by atoms with van der Waals surface area (Å²) in [5, 5.41) is 12.5. The lowest BCUT2D eigenvalue weighted by atomic mass is 10.2. The number of hydrogen-bond acceptors (Lipinski definition) is 3. The van der Waals surface area contributed by atoms with Gasteiger partial charge in [-0.15, -0.1) is 0 Å². The third-order valence-corrected chi connectivity index (χ3v) is 2.67. The molecule has 0 radical (unpaired) electrons. The van der Waals surface area contributed by atoms with E-state index in [2.05, 4.69) is 10.3 Å². The lowest BCUT2D eigenvalue weighted by Gasteiger charge is -2.09. The largest absolute Gasteiger partial charge is 0.477 e. The first-order valence-corrected chi connectivity index (χ1v) is 5.67. The van der Waals surface area contributed by atoms with Crippen LogP contribution in [0.2, 0.25) is 5.02 Å². The maximum Gasteiger partial charge on any atom is 0.354 e. The summed E-state index contributed by atoms with van der Waals surface area (Å²) < 4.78 is 0. The first kappa shape index (κ1) is 12.4. The molecular formula is C13H11ClN2O2. The van der Waals surface area contributed by atoms with Gasteiger partial charge in [-0.05, 0) is 36.8 Å². The van der Waals surface area contributed by atoms with Gasteiger partial charge >= 0.3 is 5.97 Å². The van der Waals surface area contributed by atoms with Crippen LogP contribution in [0.5, 0.6) is 0 Å². The summed E-state index contributed by atoms with van der Waals surface area (Å²) in [6.45, 7) is 1.93. The number of hydrogen-bond donors (Lipinski definition) is 2. The normalized spacial score (nSPS) is 10.1. The highest BCUT2D eigenvalue weighted by molar-refractivity contribution is 6.30. The summed E-state index contributed by atoms with van der Waals surface area (Å²) in [7, 11) is 0. The summed E-state index contributed by atoms with van der Waals surface area (Å²) in [6, 6.07) is 10.2. The molecular weight excluding hydrogens is 252 g/mol. The third kappa shape index (κ3) is 2.78. The zero-order chi connectivity index (χ0) is 13.1. The van der Waals surface area contributed by atoms with Crippen LogP contribution in [0, 0.1) is 6.92 Å². The number of aryl methyl sites for hydroxylation is 1. The number of aromatic nitrogens is 1. The van der Waals surface area contributed by atoms with Gasteiger partial charge in [0.1, 0.15) is 5.82 Å². The minimum absolute atomic E-state index is 0.000295. The van der Waals surface area contributed by atoms with E-state index in [0.717, 1.165) is 11.3 Å². The topological polar surface area (TPSA) is 62.2 Å². The Balaban J connectivity index is 2.31. The molecule has 18 heavy (non-hydrogen) atoms. The van der Waals surface area contributed by atoms with Gasteiger partial charge in [0.25, 0.3) is 0 Å². The van der Waals surface area contributed by atoms with Crippen LogP contribution in [0.15, 0.2) is 36.4 Å². The molecule has 0 aliphatic carbocycles. The Morgan fingerprint density at radius 2 is 2.11 bits per heavy atom. The van der Waals surface area contributed by atoms with Gasteiger partial charge in [0.15, 0.2) is 5.69 Å². The van der Waals surface area contributed by atoms with E-state index >= 15 is 0 Å². The van der Waals surface area contributed by atoms with E-state index in [9.17, 15) is 4.79 Å². The molecule has 0 amide bonds. The van der Waals surface area contributed by atoms with Crippen molar-refractivity contribution in [1.29, 1.82) is 0 Å². The fourth-order valence-electron chi connectivity index (χ4n) is 1.49. The zero-order valence-electron chi connectivity index (χ0n) is 9.64. The molecule has 1 aromatic carbocycles. The number of rotatable bonds is 3. The summed E-state index contributed by atoms with van der Waals surface area (Å²) in [4.78, 5) is 14.8. The zero-order valence-corrected chi connectivity index (χ0v) is 10.4. The summed E-state index contributed by atoms with van der Waals surface area (Å²) in [6.07, 6.45) is 0. The second-order valence-electron chi connectivity index (χ2n) is 3.80. The number of nitrogens with zero attached hydrogens (tertiary/aromatic N) is 1. The molecule has 92 valence electrons. The maximum atomic E-state index is 10.8. The predicted molar refractivity (Wildman–Crippen MR) is 70.7 cm³/mol. The van der Waals surface area contributed by atoms with Gasteiger partial charge in [-0.25, -0.2) is 9.78 Å². The van der Waals surface area contributed by atoms with Crippen molar-refractivity contribution >= 4 is 29.1 Å². The Bertz CT molecular complexity index is 599. The molecule has 1 heterocycles. The number of carbonyl (C=O) groups is 1. The van der Waals surface area contributed by atoms with Crippen LogP contribution in [-0.2, 0) is 0 Å². The van der Waals surface area contributed by atoms with Gasteiger partial charge < -0.3 is 10.4 Å². The number of pyridine rings is 1. The Kier molecular flexibility index (Phi) is 3.48. The van der Waals surface area contributed by atoms with Crippen LogP contribution in [-0.4, -0.2) is 16.1 Å². The lowest BCUT2D eigenvalue weighted by Crippen LogP contribution is -2.03. The average molecular weight is 263 g/mol. The van der Waals surface area contributed by atoms with Gasteiger partial charge in [-0.2, -0.15) is 0 Å². The molecule has 2 rings (SSSR count). The minimum atomic E-state index is -1.05. The van der Waals surface area contributed by atoms with Gasteiger partial charge in [0, 0.05) is 10.7 Å². The average Bonchev–Trinajstić information content (AvgIpc) is 2.34. The molecule has 0 saturated carbocycles. The van der Waals surface area contributed by atoms with Crippen LogP contribution in [0.4, 0.5) is 11.5 Å². The second-order valence-corrected chi connectivity index (χ2v) is 4.23. The van der Waals surface area contributed by atoms with Crippen molar-refractivity contribution in [3.8, 4) is 0 Å². The molecule has 0 saturated heterocycles. The fourth-order valence-corrected chi connectivity index (χ4v) is 1.66. The number of carboxylic acid groups (broad SMARTS) is 1. The lowest BCUT2D eigenvalue weighted by molar-refractivity contribution is 0.0690. The predicted octanol–water partition coefficient (Wildman–Crippen LogP) is 3.49. The molecule has 0 aliphatic rings. The summed E-state index contributed by atoms with van der Waals surface area (Å²) in [5.74, 6) is -0.582. The van der Waals surface area contributed by atoms with E-state index in [0.29, 0.717) is 10.8 Å². The smallest absolute Gasteiger partial charge is 0.354 e. The monoisotopic (exact) mass is 262 g/mol. The van der Waals surface area contributed by atoms with Crippen LogP contribution in [0.3, 0.4) is 0 Å². The van der Waals surface area contributed by atoms with Crippen LogP contribution < -0.4 is 5.32 Å². The van der Waals surface area contributed by atoms with Crippen molar-refractivity contribution in [2.45, 2.75) is 6.92 Å². The molecule has 2 N–H and O–H groups in total. The molecule has 1 aromatic heterocycles. The Hall–Kier alpha value is -2.07. The third-order valence-electron chi connectivity index (χ3n) is 2.43. The first-order chi connectivity index (χ1) is 8.56. The van der Waals surface area contributed by atoms with Gasteiger partial charge in [0.05, 0.1) is 0 Å². The quantitative estimate of drug-likeness (QED) is 0.889. The van der Waals surface area contributed by atoms with Crippen molar-refractivity contribution in [3.63, 3.8) is 0 Å². The Morgan fingerprint density at radius 1 is 1.33 bits per heavy atom. The van der Waals surface area contributed by atoms with Crippen molar-refractivity contribution in [2.24, 2.45) is 0 Å². The van der Waals surface area contributed by atoms with Crippen LogP contribution in [0.25, 0.3) is 0 Å². The maximum absolute atomic E-state index is 10.8. The van der Waals surface area contributed by atoms with Crippen molar-refractivity contribution in [3.05, 3.63) is 52.7 Å². The highest BCUT2D eigenvalue weighted by atomic mass is 35.5. The van der Waals surface area contributed by atoms with E-state index < -0.39 is 5.97 Å².